The van der Waals surface area contributed by atoms with Gasteiger partial charge in [0.1, 0.15) is 12.3 Å². The minimum absolute atomic E-state index is 0.00606. The van der Waals surface area contributed by atoms with Crippen molar-refractivity contribution in [1.82, 2.24) is 10.0 Å². The molecule has 3 amide bonds. The van der Waals surface area contributed by atoms with Crippen LogP contribution >= 0.6 is 46.4 Å². The average molecular weight is 660 g/mol. The van der Waals surface area contributed by atoms with Crippen molar-refractivity contribution >= 4 is 75.9 Å². The van der Waals surface area contributed by atoms with Crippen LogP contribution in [0.4, 0.5) is 0 Å². The first-order chi connectivity index (χ1) is 20.5. The van der Waals surface area contributed by atoms with E-state index in [0.29, 0.717) is 11.4 Å². The zero-order chi connectivity index (χ0) is 31.0. The Morgan fingerprint density at radius 2 is 1.47 bits per heavy atom. The van der Waals surface area contributed by atoms with E-state index in [1.807, 2.05) is 19.1 Å². The first kappa shape index (κ1) is 30.8. The highest BCUT2D eigenvalue weighted by molar-refractivity contribution is 6.37. The molecule has 5 rings (SSSR count). The lowest BCUT2D eigenvalue weighted by Crippen LogP contribution is -2.52. The number of halogens is 4. The third-order valence-corrected chi connectivity index (χ3v) is 8.41. The number of imide groups is 1. The fraction of sp³-hybridized carbons (Fsp3) is 0.194. The summed E-state index contributed by atoms with van der Waals surface area (Å²) in [4.78, 5) is 66.8. The van der Waals surface area contributed by atoms with E-state index in [1.54, 1.807) is 0 Å². The molecule has 0 N–H and O–H groups in total. The van der Waals surface area contributed by atoms with Gasteiger partial charge in [-0.3, -0.25) is 19.2 Å². The van der Waals surface area contributed by atoms with Crippen LogP contribution in [0.15, 0.2) is 72.8 Å². The summed E-state index contributed by atoms with van der Waals surface area (Å²) in [7, 11) is 0. The average Bonchev–Trinajstić information content (AvgIpc) is 3.21. The number of esters is 1. The number of nitrogens with zero attached hydrogens (tertiary/aromatic N) is 2. The number of benzene rings is 3. The Morgan fingerprint density at radius 3 is 2.05 bits per heavy atom. The van der Waals surface area contributed by atoms with Gasteiger partial charge in [-0.1, -0.05) is 65.5 Å². The molecule has 2 aliphatic rings. The minimum atomic E-state index is -0.818. The Labute approximate surface area is 266 Å². The lowest BCUT2D eigenvalue weighted by molar-refractivity contribution is -0.154. The molecule has 0 spiro atoms. The number of hydrazine groups is 1. The molecule has 1 aliphatic carbocycles. The summed E-state index contributed by atoms with van der Waals surface area (Å²) in [6.07, 6.45) is 4.04. The second kappa shape index (κ2) is 12.5. The van der Waals surface area contributed by atoms with Crippen LogP contribution in [0.25, 0.3) is 0 Å². The molecule has 0 aromatic heterocycles. The zero-order valence-corrected chi connectivity index (χ0v) is 25.5. The van der Waals surface area contributed by atoms with Crippen molar-refractivity contribution in [2.75, 3.05) is 6.54 Å². The molecule has 3 atom stereocenters. The predicted octanol–water partition coefficient (Wildman–Crippen LogP) is 6.96. The molecule has 12 heteroatoms. The third-order valence-electron chi connectivity index (χ3n) is 7.32. The van der Waals surface area contributed by atoms with E-state index in [2.05, 4.69) is 0 Å². The summed E-state index contributed by atoms with van der Waals surface area (Å²) in [5.41, 5.74) is 0.200. The monoisotopic (exact) mass is 658 g/mol. The summed E-state index contributed by atoms with van der Waals surface area (Å²) in [5, 5.41) is 2.36. The van der Waals surface area contributed by atoms with Gasteiger partial charge >= 0.3 is 5.97 Å². The van der Waals surface area contributed by atoms with Gasteiger partial charge in [0.25, 0.3) is 17.7 Å². The second-order valence-electron chi connectivity index (χ2n) is 10.1. The van der Waals surface area contributed by atoms with Gasteiger partial charge in [0.2, 0.25) is 0 Å². The van der Waals surface area contributed by atoms with Crippen LogP contribution in [-0.4, -0.2) is 46.0 Å². The summed E-state index contributed by atoms with van der Waals surface area (Å²) >= 11 is 24.3. The standard InChI is InChI=1S/C31H22Cl4N2O6/c1-16-3-2-4-23-27(16)30(41)37(29(23)40)36(28(39)21-11-7-18(32)13-24(21)34)15-26(38)17-5-9-20(10-6-17)43-31(42)22-12-8-19(33)14-25(22)35/h2-3,5-14,16,23,27H,4,15H2,1H3/t16-,23-,27+/m1/s1. The number of Topliss-reactive ketones (excluding diaryl/α,β-unsaturated/α-hetero) is 1. The number of carbonyl (C=O) groups is 5. The quantitative estimate of drug-likeness (QED) is 0.0894. The largest absolute Gasteiger partial charge is 0.423 e. The second-order valence-corrected chi connectivity index (χ2v) is 11.8. The Hall–Kier alpha value is -3.69. The SMILES string of the molecule is C[C@@H]1C=CC[C@H]2C(=O)N(N(CC(=O)c3ccc(OC(=O)c4ccc(Cl)cc4Cl)cc3)C(=O)c3ccc(Cl)cc3Cl)C(=O)[C@@H]12. The van der Waals surface area contributed by atoms with E-state index in [-0.39, 0.29) is 43.4 Å². The van der Waals surface area contributed by atoms with Gasteiger partial charge in [0.15, 0.2) is 5.78 Å². The third kappa shape index (κ3) is 6.19. The van der Waals surface area contributed by atoms with Crippen molar-refractivity contribution in [2.45, 2.75) is 13.3 Å². The Bertz CT molecular complexity index is 1690. The van der Waals surface area contributed by atoms with Crippen LogP contribution in [0.2, 0.25) is 20.1 Å². The van der Waals surface area contributed by atoms with E-state index in [4.69, 9.17) is 51.1 Å². The van der Waals surface area contributed by atoms with Crippen molar-refractivity contribution in [3.05, 3.63) is 110 Å². The maximum absolute atomic E-state index is 13.8. The van der Waals surface area contributed by atoms with Crippen LogP contribution in [0.3, 0.4) is 0 Å². The highest BCUT2D eigenvalue weighted by atomic mass is 35.5. The smallest absolute Gasteiger partial charge is 0.345 e. The summed E-state index contributed by atoms with van der Waals surface area (Å²) in [6.45, 7) is 1.18. The van der Waals surface area contributed by atoms with Crippen molar-refractivity contribution in [3.63, 3.8) is 0 Å². The number of allylic oxidation sites excluding steroid dienone is 2. The molecule has 1 saturated heterocycles. The lowest BCUT2D eigenvalue weighted by atomic mass is 9.78. The molecule has 3 aromatic rings. The molecule has 0 unspecified atom stereocenters. The van der Waals surface area contributed by atoms with Gasteiger partial charge in [-0.25, -0.2) is 9.80 Å². The molecule has 43 heavy (non-hydrogen) atoms. The maximum Gasteiger partial charge on any atom is 0.345 e. The zero-order valence-electron chi connectivity index (χ0n) is 22.4. The first-order valence-electron chi connectivity index (χ1n) is 13.1. The Morgan fingerprint density at radius 1 is 0.860 bits per heavy atom. The Kier molecular flexibility index (Phi) is 8.94. The molecule has 8 nitrogen and oxygen atoms in total. The number of ether oxygens (including phenoxy) is 1. The number of rotatable bonds is 7. The van der Waals surface area contributed by atoms with Crippen molar-refractivity contribution in [3.8, 4) is 5.75 Å². The van der Waals surface area contributed by atoms with E-state index < -0.39 is 47.9 Å². The fourth-order valence-corrected chi connectivity index (χ4v) is 6.13. The number of fused-ring (bicyclic) bond motifs is 1. The van der Waals surface area contributed by atoms with Gasteiger partial charge in [-0.2, -0.15) is 5.01 Å². The van der Waals surface area contributed by atoms with Crippen LogP contribution in [-0.2, 0) is 9.59 Å². The van der Waals surface area contributed by atoms with Gasteiger partial charge in [-0.15, -0.1) is 0 Å². The molecular weight excluding hydrogens is 638 g/mol. The molecule has 1 aliphatic heterocycles. The summed E-state index contributed by atoms with van der Waals surface area (Å²) < 4.78 is 5.36. The number of hydrogen-bond acceptors (Lipinski definition) is 6. The number of carbonyl (C=O) groups excluding carboxylic acids is 5. The Balaban J connectivity index is 1.40. The minimum Gasteiger partial charge on any atom is -0.423 e. The van der Waals surface area contributed by atoms with Crippen molar-refractivity contribution in [1.29, 1.82) is 0 Å². The van der Waals surface area contributed by atoms with Gasteiger partial charge in [0.05, 0.1) is 33.0 Å². The van der Waals surface area contributed by atoms with E-state index in [0.717, 1.165) is 10.0 Å². The maximum atomic E-state index is 13.8. The van der Waals surface area contributed by atoms with Crippen LogP contribution in [0.5, 0.6) is 5.75 Å². The van der Waals surface area contributed by atoms with Crippen LogP contribution < -0.4 is 4.74 Å². The molecule has 1 fully saturated rings. The van der Waals surface area contributed by atoms with Gasteiger partial charge in [-0.05, 0) is 73.0 Å². The van der Waals surface area contributed by atoms with Gasteiger partial charge < -0.3 is 4.74 Å². The number of ketones is 1. The summed E-state index contributed by atoms with van der Waals surface area (Å²) in [5.74, 6) is -4.68. The summed E-state index contributed by atoms with van der Waals surface area (Å²) in [6, 6.07) is 14.1. The number of hydrogen-bond donors (Lipinski definition) is 0. The molecule has 1 heterocycles. The number of amides is 3. The highest BCUT2D eigenvalue weighted by Crippen LogP contribution is 2.39. The first-order valence-corrected chi connectivity index (χ1v) is 14.6. The highest BCUT2D eigenvalue weighted by Gasteiger charge is 2.53. The normalized spacial score (nSPS) is 19.3. The van der Waals surface area contributed by atoms with Gasteiger partial charge in [0, 0.05) is 15.6 Å². The molecule has 0 radical (unpaired) electrons. The molecule has 220 valence electrons. The van der Waals surface area contributed by atoms with Crippen molar-refractivity contribution in [2.24, 2.45) is 17.8 Å². The van der Waals surface area contributed by atoms with E-state index >= 15 is 0 Å². The van der Waals surface area contributed by atoms with Crippen LogP contribution in [0.1, 0.15) is 44.4 Å². The fourth-order valence-electron chi connectivity index (χ4n) is 5.16. The molecule has 3 aromatic carbocycles. The topological polar surface area (TPSA) is 101 Å². The molecule has 0 saturated carbocycles. The van der Waals surface area contributed by atoms with Crippen molar-refractivity contribution < 1.29 is 28.7 Å². The molecule has 0 bridgehead atoms. The lowest BCUT2D eigenvalue weighted by Gasteiger charge is -2.30. The van der Waals surface area contributed by atoms with Crippen LogP contribution in [0, 0.1) is 17.8 Å². The van der Waals surface area contributed by atoms with E-state index in [9.17, 15) is 24.0 Å². The predicted molar refractivity (Wildman–Crippen MR) is 161 cm³/mol. The van der Waals surface area contributed by atoms with E-state index in [1.165, 1.54) is 60.7 Å². The molecular formula is C31H22Cl4N2O6.